The van der Waals surface area contributed by atoms with Gasteiger partial charge in [0.15, 0.2) is 11.6 Å². The summed E-state index contributed by atoms with van der Waals surface area (Å²) in [6, 6.07) is 1.26. The summed E-state index contributed by atoms with van der Waals surface area (Å²) >= 11 is 1.93. The van der Waals surface area contributed by atoms with Crippen LogP contribution in [0.1, 0.15) is 0 Å². The minimum atomic E-state index is -0.590. The zero-order valence-electron chi connectivity index (χ0n) is 5.77. The number of nitrogens with zero attached hydrogens (tertiary/aromatic N) is 1. The molecule has 1 rings (SSSR count). The molecule has 0 atom stereocenters. The number of hydrogen-bond acceptors (Lipinski definition) is 3. The van der Waals surface area contributed by atoms with Crippen LogP contribution in [-0.4, -0.2) is 12.1 Å². The summed E-state index contributed by atoms with van der Waals surface area (Å²) in [7, 11) is 1.47. The lowest BCUT2D eigenvalue weighted by atomic mass is 10.4. The molecule has 0 aromatic carbocycles. The van der Waals surface area contributed by atoms with E-state index < -0.39 is 5.95 Å². The fourth-order valence-electron chi connectivity index (χ4n) is 0.693. The Morgan fingerprint density at radius 2 is 2.36 bits per heavy atom. The molecule has 0 spiro atoms. The van der Waals surface area contributed by atoms with Crippen LogP contribution >= 0.6 is 22.6 Å². The van der Waals surface area contributed by atoms with Crippen LogP contribution in [0.5, 0.6) is 5.75 Å². The Bertz CT molecular complexity index is 256. The van der Waals surface area contributed by atoms with E-state index in [1.165, 1.54) is 13.2 Å². The van der Waals surface area contributed by atoms with Crippen LogP contribution in [0.4, 0.5) is 10.2 Å². The van der Waals surface area contributed by atoms with Gasteiger partial charge < -0.3 is 10.5 Å². The van der Waals surface area contributed by atoms with Crippen molar-refractivity contribution >= 4 is 28.4 Å². The van der Waals surface area contributed by atoms with E-state index in [0.717, 1.165) is 0 Å². The predicted octanol–water partition coefficient (Wildman–Crippen LogP) is 1.42. The average molecular weight is 268 g/mol. The zero-order valence-corrected chi connectivity index (χ0v) is 7.92. The molecule has 11 heavy (non-hydrogen) atoms. The first-order valence-electron chi connectivity index (χ1n) is 2.80. The van der Waals surface area contributed by atoms with E-state index in [-0.39, 0.29) is 5.82 Å². The quantitative estimate of drug-likeness (QED) is 0.619. The lowest BCUT2D eigenvalue weighted by Gasteiger charge is -2.04. The van der Waals surface area contributed by atoms with Crippen LogP contribution in [0.25, 0.3) is 0 Å². The first kappa shape index (κ1) is 8.51. The minimum absolute atomic E-state index is 0.0805. The second-order valence-electron chi connectivity index (χ2n) is 1.85. The smallest absolute Gasteiger partial charge is 0.216 e. The van der Waals surface area contributed by atoms with Crippen LogP contribution in [-0.2, 0) is 0 Å². The Morgan fingerprint density at radius 3 is 2.82 bits per heavy atom. The van der Waals surface area contributed by atoms with Crippen molar-refractivity contribution in [3.63, 3.8) is 0 Å². The molecule has 0 aliphatic carbocycles. The van der Waals surface area contributed by atoms with Gasteiger partial charge in [-0.3, -0.25) is 0 Å². The lowest BCUT2D eigenvalue weighted by Crippen LogP contribution is -1.99. The van der Waals surface area contributed by atoms with E-state index in [9.17, 15) is 4.39 Å². The van der Waals surface area contributed by atoms with E-state index in [1.807, 2.05) is 22.6 Å². The fraction of sp³-hybridized carbons (Fsp3) is 0.167. The highest BCUT2D eigenvalue weighted by atomic mass is 127. The summed E-state index contributed by atoms with van der Waals surface area (Å²) in [5, 5.41) is 0. The highest BCUT2D eigenvalue weighted by molar-refractivity contribution is 14.1. The number of anilines is 1. The molecule has 0 amide bonds. The van der Waals surface area contributed by atoms with E-state index in [0.29, 0.717) is 9.32 Å². The van der Waals surface area contributed by atoms with Crippen LogP contribution < -0.4 is 10.5 Å². The van der Waals surface area contributed by atoms with Gasteiger partial charge in [-0.05, 0) is 22.6 Å². The summed E-state index contributed by atoms with van der Waals surface area (Å²) in [5.41, 5.74) is 5.35. The SMILES string of the molecule is COc1c(I)cc(F)nc1N. The Balaban J connectivity index is 3.25. The third kappa shape index (κ3) is 1.70. The Hall–Kier alpha value is -0.590. The molecule has 0 saturated heterocycles. The maximum atomic E-state index is 12.5. The molecule has 5 heteroatoms. The number of nitrogens with two attached hydrogens (primary N) is 1. The Kier molecular flexibility index (Phi) is 2.48. The highest BCUT2D eigenvalue weighted by Gasteiger charge is 2.07. The van der Waals surface area contributed by atoms with Crippen molar-refractivity contribution in [3.8, 4) is 5.75 Å². The van der Waals surface area contributed by atoms with Gasteiger partial charge in [0.1, 0.15) is 0 Å². The van der Waals surface area contributed by atoms with Gasteiger partial charge in [-0.25, -0.2) is 0 Å². The third-order valence-corrected chi connectivity index (χ3v) is 1.93. The molecular weight excluding hydrogens is 262 g/mol. The molecule has 2 N–H and O–H groups in total. The van der Waals surface area contributed by atoms with Crippen molar-refractivity contribution in [2.24, 2.45) is 0 Å². The molecule has 1 aromatic heterocycles. The molecule has 0 unspecified atom stereocenters. The van der Waals surface area contributed by atoms with Crippen LogP contribution in [0.2, 0.25) is 0 Å². The first-order valence-corrected chi connectivity index (χ1v) is 3.88. The molecule has 0 aliphatic heterocycles. The molecule has 1 heterocycles. The summed E-state index contributed by atoms with van der Waals surface area (Å²) in [4.78, 5) is 3.39. The number of nitrogen functional groups attached to an aromatic ring is 1. The maximum absolute atomic E-state index is 12.5. The van der Waals surface area contributed by atoms with E-state index in [2.05, 4.69) is 4.98 Å². The van der Waals surface area contributed by atoms with Gasteiger partial charge >= 0.3 is 0 Å². The highest BCUT2D eigenvalue weighted by Crippen LogP contribution is 2.25. The lowest BCUT2D eigenvalue weighted by molar-refractivity contribution is 0.410. The molecule has 60 valence electrons. The second kappa shape index (κ2) is 3.21. The van der Waals surface area contributed by atoms with E-state index in [1.54, 1.807) is 0 Å². The minimum Gasteiger partial charge on any atom is -0.492 e. The number of aromatic nitrogens is 1. The molecule has 0 bridgehead atoms. The number of rotatable bonds is 1. The molecule has 0 fully saturated rings. The van der Waals surface area contributed by atoms with Crippen molar-refractivity contribution in [3.05, 3.63) is 15.6 Å². The summed E-state index contributed by atoms with van der Waals surface area (Å²) in [6.07, 6.45) is 0. The number of ether oxygens (including phenoxy) is 1. The van der Waals surface area contributed by atoms with Gasteiger partial charge in [0.05, 0.1) is 10.7 Å². The van der Waals surface area contributed by atoms with Crippen molar-refractivity contribution in [2.45, 2.75) is 0 Å². The zero-order chi connectivity index (χ0) is 8.43. The largest absolute Gasteiger partial charge is 0.492 e. The van der Waals surface area contributed by atoms with Crippen molar-refractivity contribution < 1.29 is 9.13 Å². The summed E-state index contributed by atoms with van der Waals surface area (Å²) in [6.45, 7) is 0. The van der Waals surface area contributed by atoms with Crippen LogP contribution in [0.3, 0.4) is 0 Å². The summed E-state index contributed by atoms with van der Waals surface area (Å²) in [5.74, 6) is -0.0865. The van der Waals surface area contributed by atoms with Crippen LogP contribution in [0.15, 0.2) is 6.07 Å². The Morgan fingerprint density at radius 1 is 1.73 bits per heavy atom. The van der Waals surface area contributed by atoms with Crippen molar-refractivity contribution in [1.29, 1.82) is 0 Å². The molecule has 0 radical (unpaired) electrons. The molecular formula is C6H6FIN2O. The van der Waals surface area contributed by atoms with E-state index in [4.69, 9.17) is 10.5 Å². The van der Waals surface area contributed by atoms with Gasteiger partial charge in [0.2, 0.25) is 5.95 Å². The third-order valence-electron chi connectivity index (χ3n) is 1.13. The number of hydrogen-bond donors (Lipinski definition) is 1. The molecule has 1 aromatic rings. The van der Waals surface area contributed by atoms with Crippen molar-refractivity contribution in [2.75, 3.05) is 12.8 Å². The summed E-state index contributed by atoms with van der Waals surface area (Å²) < 4.78 is 18.0. The van der Waals surface area contributed by atoms with Crippen molar-refractivity contribution in [1.82, 2.24) is 4.98 Å². The average Bonchev–Trinajstić information content (AvgIpc) is 1.85. The van der Waals surface area contributed by atoms with Gasteiger partial charge in [-0.15, -0.1) is 0 Å². The van der Waals surface area contributed by atoms with Gasteiger partial charge in [0.25, 0.3) is 0 Å². The number of methoxy groups -OCH3 is 1. The monoisotopic (exact) mass is 268 g/mol. The molecule has 3 nitrogen and oxygen atoms in total. The molecule has 0 saturated carbocycles. The van der Waals surface area contributed by atoms with Crippen LogP contribution in [0, 0.1) is 9.52 Å². The maximum Gasteiger partial charge on any atom is 0.216 e. The first-order chi connectivity index (χ1) is 5.15. The molecule has 0 aliphatic rings. The van der Waals surface area contributed by atoms with Gasteiger partial charge in [-0.1, -0.05) is 0 Å². The van der Waals surface area contributed by atoms with Gasteiger partial charge in [0, 0.05) is 6.07 Å². The fourth-order valence-corrected chi connectivity index (χ4v) is 1.45. The number of pyridine rings is 1. The predicted molar refractivity (Wildman–Crippen MR) is 47.9 cm³/mol. The normalized spacial score (nSPS) is 9.73. The topological polar surface area (TPSA) is 48.1 Å². The number of halogens is 2. The standard InChI is InChI=1S/C6H6FIN2O/c1-11-5-3(8)2-4(7)10-6(5)9/h2H,1H3,(H2,9,10). The Labute approximate surface area is 76.9 Å². The van der Waals surface area contributed by atoms with Gasteiger partial charge in [-0.2, -0.15) is 9.37 Å². The second-order valence-corrected chi connectivity index (χ2v) is 3.01. The van der Waals surface area contributed by atoms with E-state index >= 15 is 0 Å².